The number of nitrogens with two attached hydrogens (primary N) is 1. The number of aromatic nitrogens is 2. The summed E-state index contributed by atoms with van der Waals surface area (Å²) in [4.78, 5) is 27.6. The van der Waals surface area contributed by atoms with Crippen LogP contribution in [0.3, 0.4) is 0 Å². The molecule has 1 amide bonds. The van der Waals surface area contributed by atoms with Gasteiger partial charge in [-0.1, -0.05) is 0 Å². The highest BCUT2D eigenvalue weighted by Crippen LogP contribution is 2.12. The van der Waals surface area contributed by atoms with Gasteiger partial charge in [-0.15, -0.1) is 0 Å². The van der Waals surface area contributed by atoms with Gasteiger partial charge in [0, 0.05) is 11.8 Å². The third-order valence-electron chi connectivity index (χ3n) is 2.62. The van der Waals surface area contributed by atoms with Gasteiger partial charge in [0.2, 0.25) is 0 Å². The highest BCUT2D eigenvalue weighted by molar-refractivity contribution is 14.1. The highest BCUT2D eigenvalue weighted by Gasteiger charge is 2.16. The van der Waals surface area contributed by atoms with Crippen molar-refractivity contribution in [1.29, 1.82) is 0 Å². The van der Waals surface area contributed by atoms with Crippen molar-refractivity contribution in [3.05, 3.63) is 49.6 Å². The Bertz CT molecular complexity index is 677. The Balaban J connectivity index is 2.43. The summed E-state index contributed by atoms with van der Waals surface area (Å²) in [6.07, 6.45) is 2.89. The van der Waals surface area contributed by atoms with Crippen LogP contribution in [0.2, 0.25) is 0 Å². The molecule has 0 aliphatic carbocycles. The maximum atomic E-state index is 12.0. The van der Waals surface area contributed by atoms with Crippen LogP contribution in [0.15, 0.2) is 27.7 Å². The van der Waals surface area contributed by atoms with Crippen molar-refractivity contribution in [2.75, 3.05) is 0 Å². The summed E-state index contributed by atoms with van der Waals surface area (Å²) in [6, 6.07) is 1.62. The van der Waals surface area contributed by atoms with Gasteiger partial charge in [0.25, 0.3) is 5.56 Å². The van der Waals surface area contributed by atoms with E-state index in [-0.39, 0.29) is 17.9 Å². The Morgan fingerprint density at radius 2 is 2.37 bits per heavy atom. The summed E-state index contributed by atoms with van der Waals surface area (Å²) in [5.41, 5.74) is 2.40. The molecule has 0 aliphatic rings. The molecule has 2 aromatic heterocycles. The number of carbonyl (C=O) groups excluding carboxylic acids is 1. The van der Waals surface area contributed by atoms with Crippen molar-refractivity contribution >= 4 is 28.5 Å². The number of hydrazine groups is 1. The predicted molar refractivity (Wildman–Crippen MR) is 75.4 cm³/mol. The van der Waals surface area contributed by atoms with Gasteiger partial charge >= 0.3 is 5.91 Å². The maximum Gasteiger partial charge on any atom is 0.301 e. The lowest BCUT2D eigenvalue weighted by molar-refractivity contribution is 0.0924. The number of hydrogen-bond donors (Lipinski definition) is 2. The van der Waals surface area contributed by atoms with Gasteiger partial charge in [-0.25, -0.2) is 10.8 Å². The molecule has 0 fully saturated rings. The van der Waals surface area contributed by atoms with Crippen LogP contribution in [0, 0.1) is 10.5 Å². The van der Waals surface area contributed by atoms with E-state index < -0.39 is 5.91 Å². The van der Waals surface area contributed by atoms with Gasteiger partial charge in [0.05, 0.1) is 16.4 Å². The van der Waals surface area contributed by atoms with Crippen LogP contribution in [0.25, 0.3) is 0 Å². The summed E-state index contributed by atoms with van der Waals surface area (Å²) in [7, 11) is 0. The Morgan fingerprint density at radius 3 is 3.05 bits per heavy atom. The normalized spacial score (nSPS) is 10.5. The lowest BCUT2D eigenvalue weighted by atomic mass is 10.2. The first kappa shape index (κ1) is 13.7. The average Bonchev–Trinajstić information content (AvgIpc) is 2.86. The van der Waals surface area contributed by atoms with Crippen molar-refractivity contribution < 1.29 is 9.21 Å². The van der Waals surface area contributed by atoms with Gasteiger partial charge in [-0.3, -0.25) is 19.6 Å². The second-order valence-corrected chi connectivity index (χ2v) is 4.96. The van der Waals surface area contributed by atoms with Crippen LogP contribution in [-0.2, 0) is 6.54 Å². The number of rotatable bonds is 3. The van der Waals surface area contributed by atoms with Crippen molar-refractivity contribution in [2.24, 2.45) is 5.84 Å². The van der Waals surface area contributed by atoms with E-state index >= 15 is 0 Å². The van der Waals surface area contributed by atoms with Crippen LogP contribution in [-0.4, -0.2) is 15.5 Å². The molecule has 100 valence electrons. The van der Waals surface area contributed by atoms with Crippen molar-refractivity contribution in [3.8, 4) is 0 Å². The summed E-state index contributed by atoms with van der Waals surface area (Å²) in [5.74, 6) is 5.18. The third kappa shape index (κ3) is 2.68. The van der Waals surface area contributed by atoms with E-state index in [9.17, 15) is 9.59 Å². The quantitative estimate of drug-likeness (QED) is 0.351. The van der Waals surface area contributed by atoms with Crippen LogP contribution >= 0.6 is 22.6 Å². The standard InChI is InChI=1S/C11H11IN4O3/c1-6-14-4-8(12)11(18)16(6)5-7-2-3-19-9(7)10(17)15-13/h2-4H,5,13H2,1H3,(H,15,17). The van der Waals surface area contributed by atoms with Crippen molar-refractivity contribution in [2.45, 2.75) is 13.5 Å². The fourth-order valence-electron chi connectivity index (χ4n) is 1.63. The number of hydrogen-bond acceptors (Lipinski definition) is 5. The van der Waals surface area contributed by atoms with Gasteiger partial charge in [0.1, 0.15) is 5.82 Å². The number of amides is 1. The minimum absolute atomic E-state index is 0.0904. The number of furan rings is 1. The molecular weight excluding hydrogens is 363 g/mol. The van der Waals surface area contributed by atoms with Gasteiger partial charge in [-0.05, 0) is 35.6 Å². The molecular formula is C11H11IN4O3. The number of aryl methyl sites for hydroxylation is 1. The molecule has 2 heterocycles. The summed E-state index contributed by atoms with van der Waals surface area (Å²) >= 11 is 1.92. The fourth-order valence-corrected chi connectivity index (χ4v) is 2.06. The van der Waals surface area contributed by atoms with Gasteiger partial charge in [-0.2, -0.15) is 0 Å². The molecule has 0 saturated heterocycles. The molecule has 0 bridgehead atoms. The van der Waals surface area contributed by atoms with Gasteiger partial charge < -0.3 is 4.42 Å². The Morgan fingerprint density at radius 1 is 1.63 bits per heavy atom. The SMILES string of the molecule is Cc1ncc(I)c(=O)n1Cc1ccoc1C(=O)NN. The topological polar surface area (TPSA) is 103 Å². The van der Waals surface area contributed by atoms with Crippen LogP contribution < -0.4 is 16.8 Å². The monoisotopic (exact) mass is 374 g/mol. The second kappa shape index (κ2) is 5.53. The smallest absolute Gasteiger partial charge is 0.301 e. The number of nitrogen functional groups attached to an aromatic ring is 1. The minimum Gasteiger partial charge on any atom is -0.459 e. The molecule has 0 saturated carbocycles. The van der Waals surface area contributed by atoms with Crippen molar-refractivity contribution in [3.63, 3.8) is 0 Å². The van der Waals surface area contributed by atoms with E-state index in [0.717, 1.165) is 0 Å². The highest BCUT2D eigenvalue weighted by atomic mass is 127. The summed E-state index contributed by atoms with van der Waals surface area (Å²) in [5, 5.41) is 0. The zero-order valence-electron chi connectivity index (χ0n) is 10.0. The summed E-state index contributed by atoms with van der Waals surface area (Å²) < 4.78 is 7.05. The first-order valence-corrected chi connectivity index (χ1v) is 6.41. The van der Waals surface area contributed by atoms with E-state index in [4.69, 9.17) is 10.3 Å². The fraction of sp³-hybridized carbons (Fsp3) is 0.182. The van der Waals surface area contributed by atoms with E-state index in [2.05, 4.69) is 4.98 Å². The van der Waals surface area contributed by atoms with E-state index in [0.29, 0.717) is 15.0 Å². The number of halogens is 1. The van der Waals surface area contributed by atoms with Gasteiger partial charge in [0.15, 0.2) is 5.76 Å². The first-order valence-electron chi connectivity index (χ1n) is 5.34. The van der Waals surface area contributed by atoms with Crippen LogP contribution in [0.5, 0.6) is 0 Å². The minimum atomic E-state index is -0.538. The molecule has 0 radical (unpaired) electrons. The molecule has 0 aliphatic heterocycles. The maximum absolute atomic E-state index is 12.0. The Hall–Kier alpha value is -1.68. The second-order valence-electron chi connectivity index (χ2n) is 3.79. The molecule has 0 aromatic carbocycles. The first-order chi connectivity index (χ1) is 9.04. The molecule has 0 spiro atoms. The molecule has 3 N–H and O–H groups in total. The molecule has 7 nitrogen and oxygen atoms in total. The largest absolute Gasteiger partial charge is 0.459 e. The van der Waals surface area contributed by atoms with E-state index in [1.54, 1.807) is 13.0 Å². The van der Waals surface area contributed by atoms with Crippen molar-refractivity contribution in [1.82, 2.24) is 15.0 Å². The lowest BCUT2D eigenvalue weighted by Gasteiger charge is -2.09. The van der Waals surface area contributed by atoms with Crippen LogP contribution in [0.1, 0.15) is 21.9 Å². The zero-order valence-corrected chi connectivity index (χ0v) is 12.2. The van der Waals surface area contributed by atoms with E-state index in [1.807, 2.05) is 28.0 Å². The summed E-state index contributed by atoms with van der Waals surface area (Å²) in [6.45, 7) is 1.92. The molecule has 2 rings (SSSR count). The van der Waals surface area contributed by atoms with Crippen LogP contribution in [0.4, 0.5) is 0 Å². The lowest BCUT2D eigenvalue weighted by Crippen LogP contribution is -2.31. The third-order valence-corrected chi connectivity index (χ3v) is 3.36. The molecule has 0 unspecified atom stereocenters. The Labute approximate surface area is 121 Å². The number of nitrogens with one attached hydrogen (secondary N) is 1. The Kier molecular flexibility index (Phi) is 4.00. The molecule has 2 aromatic rings. The number of nitrogens with zero attached hydrogens (tertiary/aromatic N) is 2. The predicted octanol–water partition coefficient (Wildman–Crippen LogP) is 0.401. The van der Waals surface area contributed by atoms with E-state index in [1.165, 1.54) is 17.0 Å². The number of carbonyl (C=O) groups is 1. The molecule has 8 heteroatoms. The zero-order chi connectivity index (χ0) is 14.0. The molecule has 0 atom stereocenters. The average molecular weight is 374 g/mol. The molecule has 19 heavy (non-hydrogen) atoms.